The molecule has 0 spiro atoms. The molecule has 2 aromatic heterocycles. The van der Waals surface area contributed by atoms with Gasteiger partial charge in [0, 0.05) is 29.6 Å². The van der Waals surface area contributed by atoms with Gasteiger partial charge < -0.3 is 10.3 Å². The molecule has 0 bridgehead atoms. The van der Waals surface area contributed by atoms with Crippen LogP contribution in [0.3, 0.4) is 0 Å². The molecule has 3 aromatic rings. The predicted molar refractivity (Wildman–Crippen MR) is 92.0 cm³/mol. The second kappa shape index (κ2) is 7.01. The molecule has 0 aliphatic heterocycles. The molecule has 0 fully saturated rings. The van der Waals surface area contributed by atoms with Crippen molar-refractivity contribution in [3.05, 3.63) is 41.0 Å². The lowest BCUT2D eigenvalue weighted by molar-refractivity contribution is -0.120. The molecule has 8 nitrogen and oxygen atoms in total. The van der Waals surface area contributed by atoms with E-state index in [0.29, 0.717) is 10.1 Å². The van der Waals surface area contributed by atoms with E-state index in [1.54, 1.807) is 6.21 Å². The van der Waals surface area contributed by atoms with Gasteiger partial charge >= 0.3 is 0 Å². The van der Waals surface area contributed by atoms with Crippen LogP contribution < -0.4 is 10.7 Å². The molecular formula is C15H14N6O2S. The number of carbonyl (C=O) groups excluding carboxylic acids is 2. The number of hydrogen-bond donors (Lipinski definition) is 3. The monoisotopic (exact) mass is 342 g/mol. The van der Waals surface area contributed by atoms with Crippen LogP contribution in [0.4, 0.5) is 5.13 Å². The van der Waals surface area contributed by atoms with Crippen molar-refractivity contribution in [2.45, 2.75) is 13.3 Å². The van der Waals surface area contributed by atoms with Gasteiger partial charge in [0.2, 0.25) is 16.9 Å². The van der Waals surface area contributed by atoms with Gasteiger partial charge in [0.25, 0.3) is 0 Å². The number of anilines is 1. The summed E-state index contributed by atoms with van der Waals surface area (Å²) < 4.78 is 0. The minimum atomic E-state index is -0.309. The average molecular weight is 342 g/mol. The second-order valence-electron chi connectivity index (χ2n) is 4.94. The summed E-state index contributed by atoms with van der Waals surface area (Å²) in [6, 6.07) is 7.82. The fourth-order valence-corrected chi connectivity index (χ4v) is 2.86. The molecule has 9 heteroatoms. The Hall–Kier alpha value is -3.07. The lowest BCUT2D eigenvalue weighted by atomic mass is 10.2. The molecule has 0 aliphatic rings. The van der Waals surface area contributed by atoms with Crippen LogP contribution in [-0.2, 0) is 16.0 Å². The summed E-state index contributed by atoms with van der Waals surface area (Å²) in [5.41, 5.74) is 4.34. The van der Waals surface area contributed by atoms with Crippen LogP contribution in [0, 0.1) is 0 Å². The molecule has 0 unspecified atom stereocenters. The van der Waals surface area contributed by atoms with Gasteiger partial charge in [-0.1, -0.05) is 29.5 Å². The number of para-hydroxylation sites is 1. The molecule has 3 N–H and O–H groups in total. The Labute approximate surface area is 141 Å². The smallest absolute Gasteiger partial charge is 0.247 e. The number of benzene rings is 1. The Morgan fingerprint density at radius 2 is 2.17 bits per heavy atom. The zero-order valence-electron chi connectivity index (χ0n) is 12.7. The lowest BCUT2D eigenvalue weighted by Crippen LogP contribution is -2.19. The summed E-state index contributed by atoms with van der Waals surface area (Å²) in [6.07, 6.45) is 3.45. The summed E-state index contributed by atoms with van der Waals surface area (Å²) in [5.74, 6) is -0.540. The highest BCUT2D eigenvalue weighted by molar-refractivity contribution is 7.15. The number of aromatic nitrogens is 3. The van der Waals surface area contributed by atoms with Gasteiger partial charge in [0.05, 0.1) is 12.6 Å². The third-order valence-corrected chi connectivity index (χ3v) is 3.91. The molecule has 0 atom stereocenters. The van der Waals surface area contributed by atoms with E-state index >= 15 is 0 Å². The number of aromatic amines is 1. The maximum Gasteiger partial charge on any atom is 0.247 e. The maximum atomic E-state index is 11.9. The third kappa shape index (κ3) is 3.82. The number of fused-ring (bicyclic) bond motifs is 1. The van der Waals surface area contributed by atoms with E-state index in [0.717, 1.165) is 27.8 Å². The Bertz CT molecular complexity index is 913. The quantitative estimate of drug-likeness (QED) is 0.483. The number of nitrogens with zero attached hydrogens (tertiary/aromatic N) is 3. The fraction of sp³-hybridized carbons (Fsp3) is 0.133. The van der Waals surface area contributed by atoms with Gasteiger partial charge in [-0.2, -0.15) is 5.10 Å². The maximum absolute atomic E-state index is 11.9. The summed E-state index contributed by atoms with van der Waals surface area (Å²) in [5, 5.41) is 16.0. The topological polar surface area (TPSA) is 112 Å². The molecule has 2 amide bonds. The molecule has 3 rings (SSSR count). The van der Waals surface area contributed by atoms with Crippen molar-refractivity contribution in [1.82, 2.24) is 20.6 Å². The fourth-order valence-electron chi connectivity index (χ4n) is 2.08. The summed E-state index contributed by atoms with van der Waals surface area (Å²) in [4.78, 5) is 25.9. The van der Waals surface area contributed by atoms with Gasteiger partial charge in [-0.25, -0.2) is 5.43 Å². The number of H-pyrrole nitrogens is 1. The van der Waals surface area contributed by atoms with Crippen LogP contribution >= 0.6 is 11.3 Å². The number of carbonyl (C=O) groups is 2. The first-order valence-electron chi connectivity index (χ1n) is 7.10. The van der Waals surface area contributed by atoms with E-state index in [9.17, 15) is 9.59 Å². The minimum absolute atomic E-state index is 0.0441. The molecule has 0 saturated carbocycles. The Balaban J connectivity index is 1.57. The third-order valence-electron chi connectivity index (χ3n) is 3.08. The molecule has 1 aromatic carbocycles. The van der Waals surface area contributed by atoms with Crippen molar-refractivity contribution in [3.8, 4) is 0 Å². The van der Waals surface area contributed by atoms with Crippen molar-refractivity contribution >= 4 is 45.4 Å². The first-order valence-corrected chi connectivity index (χ1v) is 7.91. The summed E-state index contributed by atoms with van der Waals surface area (Å²) in [6.45, 7) is 1.38. The van der Waals surface area contributed by atoms with Crippen molar-refractivity contribution in [2.75, 3.05) is 5.32 Å². The van der Waals surface area contributed by atoms with E-state index in [4.69, 9.17) is 0 Å². The van der Waals surface area contributed by atoms with Crippen molar-refractivity contribution in [1.29, 1.82) is 0 Å². The lowest BCUT2D eigenvalue weighted by Gasteiger charge is -1.96. The molecule has 0 radical (unpaired) electrons. The summed E-state index contributed by atoms with van der Waals surface area (Å²) >= 11 is 1.15. The highest BCUT2D eigenvalue weighted by Gasteiger charge is 2.09. The number of hydrazone groups is 1. The molecule has 122 valence electrons. The van der Waals surface area contributed by atoms with Crippen LogP contribution in [0.5, 0.6) is 0 Å². The average Bonchev–Trinajstić information content (AvgIpc) is 3.14. The van der Waals surface area contributed by atoms with Crippen LogP contribution in [-0.4, -0.2) is 33.2 Å². The van der Waals surface area contributed by atoms with E-state index in [2.05, 4.69) is 31.0 Å². The Morgan fingerprint density at radius 3 is 3.00 bits per heavy atom. The highest BCUT2D eigenvalue weighted by atomic mass is 32.1. The van der Waals surface area contributed by atoms with Crippen LogP contribution in [0.25, 0.3) is 10.9 Å². The van der Waals surface area contributed by atoms with E-state index in [1.807, 2.05) is 30.5 Å². The Morgan fingerprint density at radius 1 is 1.33 bits per heavy atom. The van der Waals surface area contributed by atoms with Crippen LogP contribution in [0.2, 0.25) is 0 Å². The minimum Gasteiger partial charge on any atom is -0.361 e. The zero-order valence-corrected chi connectivity index (χ0v) is 13.6. The Kier molecular flexibility index (Phi) is 4.62. The number of amides is 2. The second-order valence-corrected chi connectivity index (χ2v) is 6.00. The van der Waals surface area contributed by atoms with Crippen LogP contribution in [0.1, 0.15) is 17.5 Å². The highest BCUT2D eigenvalue weighted by Crippen LogP contribution is 2.16. The van der Waals surface area contributed by atoms with Gasteiger partial charge in [-0.15, -0.1) is 10.2 Å². The largest absolute Gasteiger partial charge is 0.361 e. The standard InChI is InChI=1S/C15H14N6O2S/c1-9(22)18-15-21-20-14(24-15)6-13(23)19-17-8-10-7-16-12-5-3-2-4-11(10)12/h2-5,7-8,16H,6H2,1H3,(H,19,23)(H,18,21,22)/b17-8-. The first kappa shape index (κ1) is 15.8. The molecule has 2 heterocycles. The first-order chi connectivity index (χ1) is 11.6. The summed E-state index contributed by atoms with van der Waals surface area (Å²) in [7, 11) is 0. The van der Waals surface area contributed by atoms with Gasteiger partial charge in [-0.3, -0.25) is 9.59 Å². The number of rotatable bonds is 5. The van der Waals surface area contributed by atoms with Gasteiger partial charge in [-0.05, 0) is 6.07 Å². The predicted octanol–water partition coefficient (Wildman–Crippen LogP) is 1.67. The molecule has 0 saturated heterocycles. The molecular weight excluding hydrogens is 328 g/mol. The normalized spacial score (nSPS) is 11.0. The van der Waals surface area contributed by atoms with Gasteiger partial charge in [0.1, 0.15) is 5.01 Å². The SMILES string of the molecule is CC(=O)Nc1nnc(CC(=O)N/N=C\c2c[nH]c3ccccc23)s1. The number of nitrogens with one attached hydrogen (secondary N) is 3. The molecule has 0 aliphatic carbocycles. The van der Waals surface area contributed by atoms with E-state index in [-0.39, 0.29) is 18.2 Å². The van der Waals surface area contributed by atoms with Crippen molar-refractivity contribution in [3.63, 3.8) is 0 Å². The number of hydrogen-bond acceptors (Lipinski definition) is 6. The van der Waals surface area contributed by atoms with E-state index < -0.39 is 0 Å². The van der Waals surface area contributed by atoms with Crippen molar-refractivity contribution in [2.24, 2.45) is 5.10 Å². The zero-order chi connectivity index (χ0) is 16.9. The molecule has 24 heavy (non-hydrogen) atoms. The van der Waals surface area contributed by atoms with Gasteiger partial charge in [0.15, 0.2) is 0 Å². The van der Waals surface area contributed by atoms with E-state index in [1.165, 1.54) is 6.92 Å². The van der Waals surface area contributed by atoms with Crippen LogP contribution in [0.15, 0.2) is 35.6 Å². The van der Waals surface area contributed by atoms with Crippen molar-refractivity contribution < 1.29 is 9.59 Å².